The number of nitrogens with two attached hydrogens (primary N) is 1. The van der Waals surface area contributed by atoms with Crippen LogP contribution < -0.4 is 21.5 Å². The molecule has 3 aromatic rings. The molecule has 1 fully saturated rings. The average molecular weight is 454 g/mol. The maximum Gasteiger partial charge on any atom is 0.407 e. The van der Waals surface area contributed by atoms with Crippen LogP contribution in [-0.4, -0.2) is 49.9 Å². The number of rotatable bonds is 4. The summed E-state index contributed by atoms with van der Waals surface area (Å²) in [6, 6.07) is 9.80. The van der Waals surface area contributed by atoms with Crippen molar-refractivity contribution >= 4 is 29.2 Å². The highest BCUT2D eigenvalue weighted by atomic mass is 16.6. The van der Waals surface area contributed by atoms with Crippen LogP contribution in [0, 0.1) is 0 Å². The van der Waals surface area contributed by atoms with E-state index in [-0.39, 0.29) is 17.5 Å². The van der Waals surface area contributed by atoms with Crippen molar-refractivity contribution in [2.24, 2.45) is 7.05 Å². The number of hydrogen-bond acceptors (Lipinski definition) is 7. The summed E-state index contributed by atoms with van der Waals surface area (Å²) in [5, 5.41) is 2.97. The van der Waals surface area contributed by atoms with Gasteiger partial charge in [-0.05, 0) is 39.2 Å². The Morgan fingerprint density at radius 1 is 1.24 bits per heavy atom. The molecule has 4 rings (SSSR count). The van der Waals surface area contributed by atoms with Gasteiger partial charge in [-0.1, -0.05) is 30.3 Å². The first kappa shape index (κ1) is 22.6. The van der Waals surface area contributed by atoms with Crippen LogP contribution >= 0.6 is 0 Å². The average Bonchev–Trinajstić information content (AvgIpc) is 3.09. The molecule has 2 aromatic heterocycles. The molecule has 1 amide bonds. The fourth-order valence-electron chi connectivity index (χ4n) is 4.07. The van der Waals surface area contributed by atoms with Gasteiger partial charge < -0.3 is 20.7 Å². The lowest BCUT2D eigenvalue weighted by Crippen LogP contribution is -2.49. The van der Waals surface area contributed by atoms with Crippen LogP contribution in [0.15, 0.2) is 35.1 Å². The van der Waals surface area contributed by atoms with Crippen LogP contribution in [0.3, 0.4) is 0 Å². The van der Waals surface area contributed by atoms with Gasteiger partial charge in [-0.3, -0.25) is 13.9 Å². The number of nitrogens with zero attached hydrogens (tertiary/aromatic N) is 5. The van der Waals surface area contributed by atoms with Crippen molar-refractivity contribution in [1.29, 1.82) is 0 Å². The minimum Gasteiger partial charge on any atom is -0.444 e. The topological polar surface area (TPSA) is 120 Å². The summed E-state index contributed by atoms with van der Waals surface area (Å²) in [5.74, 6) is 0.756. The molecule has 10 nitrogen and oxygen atoms in total. The Hall–Kier alpha value is -3.56. The van der Waals surface area contributed by atoms with Crippen LogP contribution in [0.25, 0.3) is 11.2 Å². The zero-order valence-electron chi connectivity index (χ0n) is 19.5. The van der Waals surface area contributed by atoms with E-state index in [0.29, 0.717) is 30.2 Å². The Bertz CT molecular complexity index is 1210. The van der Waals surface area contributed by atoms with Gasteiger partial charge >= 0.3 is 6.09 Å². The number of fused-ring (bicyclic) bond motifs is 1. The summed E-state index contributed by atoms with van der Waals surface area (Å²) >= 11 is 0. The number of amides is 1. The zero-order valence-corrected chi connectivity index (χ0v) is 19.5. The van der Waals surface area contributed by atoms with Gasteiger partial charge in [-0.2, -0.15) is 9.97 Å². The van der Waals surface area contributed by atoms with Gasteiger partial charge in [-0.25, -0.2) is 4.79 Å². The minimum atomic E-state index is -0.562. The van der Waals surface area contributed by atoms with Crippen molar-refractivity contribution in [2.75, 3.05) is 23.7 Å². The fraction of sp³-hybridized carbons (Fsp3) is 0.478. The molecule has 1 unspecified atom stereocenters. The van der Waals surface area contributed by atoms with Gasteiger partial charge in [0.15, 0.2) is 11.2 Å². The van der Waals surface area contributed by atoms with Gasteiger partial charge in [0, 0.05) is 26.2 Å². The number of benzene rings is 1. The first-order valence-electron chi connectivity index (χ1n) is 11.1. The molecule has 1 aliphatic heterocycles. The molecule has 1 atom stereocenters. The van der Waals surface area contributed by atoms with Gasteiger partial charge in [0.1, 0.15) is 5.60 Å². The monoisotopic (exact) mass is 453 g/mol. The molecule has 176 valence electrons. The molecule has 3 heterocycles. The summed E-state index contributed by atoms with van der Waals surface area (Å²) < 4.78 is 8.65. The molecule has 10 heteroatoms. The standard InChI is InChI=1S/C23H31N7O3/c1-23(2,3)33-22(32)25-16-11-8-12-29(14-16)21-27-18-17(19(31)28(4)20(24)26-18)30(21)13-15-9-6-5-7-10-15/h5-7,9-10,16H,8,11-14H2,1-4H3,(H2,24,26)(H,25,32). The van der Waals surface area contributed by atoms with Gasteiger partial charge in [0.25, 0.3) is 5.56 Å². The zero-order chi connectivity index (χ0) is 23.8. The summed E-state index contributed by atoms with van der Waals surface area (Å²) in [4.78, 5) is 36.5. The van der Waals surface area contributed by atoms with Crippen LogP contribution in [0.5, 0.6) is 0 Å². The van der Waals surface area contributed by atoms with Crippen molar-refractivity contribution in [1.82, 2.24) is 24.4 Å². The maximum atomic E-state index is 13.1. The molecule has 33 heavy (non-hydrogen) atoms. The van der Waals surface area contributed by atoms with Crippen molar-refractivity contribution in [3.63, 3.8) is 0 Å². The van der Waals surface area contributed by atoms with E-state index < -0.39 is 11.7 Å². The SMILES string of the molecule is Cn1c(N)nc2nc(N3CCCC(NC(=O)OC(C)(C)C)C3)n(Cc3ccccc3)c2c1=O. The van der Waals surface area contributed by atoms with Crippen LogP contribution in [0.1, 0.15) is 39.2 Å². The van der Waals surface area contributed by atoms with E-state index in [1.807, 2.05) is 55.7 Å². The third kappa shape index (κ3) is 4.94. The van der Waals surface area contributed by atoms with Gasteiger partial charge in [0.2, 0.25) is 11.9 Å². The van der Waals surface area contributed by atoms with E-state index in [1.54, 1.807) is 7.05 Å². The van der Waals surface area contributed by atoms with Gasteiger partial charge in [-0.15, -0.1) is 0 Å². The second-order valence-corrected chi connectivity index (χ2v) is 9.42. The van der Waals surface area contributed by atoms with Crippen LogP contribution in [0.2, 0.25) is 0 Å². The highest BCUT2D eigenvalue weighted by Crippen LogP contribution is 2.25. The number of imidazole rings is 1. The quantitative estimate of drug-likeness (QED) is 0.622. The summed E-state index contributed by atoms with van der Waals surface area (Å²) in [5.41, 5.74) is 6.90. The van der Waals surface area contributed by atoms with E-state index in [0.717, 1.165) is 24.9 Å². The molecule has 0 saturated carbocycles. The molecule has 0 aliphatic carbocycles. The Labute approximate surface area is 192 Å². The first-order valence-corrected chi connectivity index (χ1v) is 11.1. The number of nitrogens with one attached hydrogen (secondary N) is 1. The van der Waals surface area contributed by atoms with E-state index in [9.17, 15) is 9.59 Å². The summed E-state index contributed by atoms with van der Waals surface area (Å²) in [6.45, 7) is 7.28. The lowest BCUT2D eigenvalue weighted by molar-refractivity contribution is 0.0500. The lowest BCUT2D eigenvalue weighted by Gasteiger charge is -2.34. The molecule has 1 saturated heterocycles. The number of nitrogen functional groups attached to an aromatic ring is 1. The molecule has 0 spiro atoms. The highest BCUT2D eigenvalue weighted by molar-refractivity contribution is 5.75. The number of carbonyl (C=O) groups is 1. The smallest absolute Gasteiger partial charge is 0.407 e. The van der Waals surface area contributed by atoms with E-state index in [1.165, 1.54) is 4.57 Å². The first-order chi connectivity index (χ1) is 15.6. The summed E-state index contributed by atoms with van der Waals surface area (Å²) in [7, 11) is 1.60. The summed E-state index contributed by atoms with van der Waals surface area (Å²) in [6.07, 6.45) is 1.26. The van der Waals surface area contributed by atoms with Crippen molar-refractivity contribution in [2.45, 2.75) is 51.8 Å². The van der Waals surface area contributed by atoms with Gasteiger partial charge in [0.05, 0.1) is 6.54 Å². The number of ether oxygens (including phenoxy) is 1. The number of aromatic nitrogens is 4. The van der Waals surface area contributed by atoms with Crippen molar-refractivity contribution in [3.05, 3.63) is 46.2 Å². The molecule has 1 aromatic carbocycles. The highest BCUT2D eigenvalue weighted by Gasteiger charge is 2.28. The van der Waals surface area contributed by atoms with Crippen LogP contribution in [0.4, 0.5) is 16.7 Å². The fourth-order valence-corrected chi connectivity index (χ4v) is 4.07. The molecule has 0 bridgehead atoms. The number of hydrogen-bond donors (Lipinski definition) is 2. The molecule has 3 N–H and O–H groups in total. The Morgan fingerprint density at radius 3 is 2.67 bits per heavy atom. The number of anilines is 2. The third-order valence-corrected chi connectivity index (χ3v) is 5.61. The van der Waals surface area contributed by atoms with Crippen molar-refractivity contribution in [3.8, 4) is 0 Å². The van der Waals surface area contributed by atoms with Crippen LogP contribution in [-0.2, 0) is 18.3 Å². The second kappa shape index (κ2) is 8.76. The van der Waals surface area contributed by atoms with E-state index in [2.05, 4.69) is 15.2 Å². The predicted molar refractivity (Wildman–Crippen MR) is 127 cm³/mol. The number of piperidine rings is 1. The minimum absolute atomic E-state index is 0.0977. The Morgan fingerprint density at radius 2 is 1.97 bits per heavy atom. The predicted octanol–water partition coefficient (Wildman–Crippen LogP) is 2.25. The molecular formula is C23H31N7O3. The maximum absolute atomic E-state index is 13.1. The largest absolute Gasteiger partial charge is 0.444 e. The van der Waals surface area contributed by atoms with E-state index >= 15 is 0 Å². The molecular weight excluding hydrogens is 422 g/mol. The van der Waals surface area contributed by atoms with E-state index in [4.69, 9.17) is 15.5 Å². The van der Waals surface area contributed by atoms with Crippen molar-refractivity contribution < 1.29 is 9.53 Å². The third-order valence-electron chi connectivity index (χ3n) is 5.61. The Kier molecular flexibility index (Phi) is 6.01. The number of carbonyl (C=O) groups excluding carboxylic acids is 1. The number of alkyl carbamates (subject to hydrolysis) is 1. The molecule has 0 radical (unpaired) electrons. The normalized spacial score (nSPS) is 16.7. The second-order valence-electron chi connectivity index (χ2n) is 9.42. The lowest BCUT2D eigenvalue weighted by atomic mass is 10.1. The Balaban J connectivity index is 1.69. The molecule has 1 aliphatic rings.